The van der Waals surface area contributed by atoms with Gasteiger partial charge in [-0.05, 0) is 92.3 Å². The molecule has 4 saturated carbocycles. The van der Waals surface area contributed by atoms with Gasteiger partial charge in [0.05, 0.1) is 6.10 Å². The summed E-state index contributed by atoms with van der Waals surface area (Å²) in [5.41, 5.74) is 0.657. The Morgan fingerprint density at radius 1 is 0.958 bits per heavy atom. The molecule has 0 heterocycles. The molecule has 2 N–H and O–H groups in total. The number of aliphatic hydroxyl groups excluding tert-OH is 1. The van der Waals surface area contributed by atoms with E-state index in [9.17, 15) is 9.90 Å². The average Bonchev–Trinajstić information content (AvgIpc) is 2.83. The molecular formula is C21H35NO2. The molecule has 1 amide bonds. The zero-order valence-corrected chi connectivity index (χ0v) is 15.7. The van der Waals surface area contributed by atoms with Crippen LogP contribution < -0.4 is 5.32 Å². The first-order valence-electron chi connectivity index (χ1n) is 10.3. The van der Waals surface area contributed by atoms with E-state index in [1.807, 2.05) is 0 Å². The quantitative estimate of drug-likeness (QED) is 0.765. The lowest BCUT2D eigenvalue weighted by atomic mass is 9.45. The lowest BCUT2D eigenvalue weighted by molar-refractivity contribution is -0.129. The molecule has 0 spiro atoms. The average molecular weight is 334 g/mol. The van der Waals surface area contributed by atoms with Crippen LogP contribution in [-0.2, 0) is 4.79 Å². The standard InChI is InChI=1S/C21H35NO2/c1-13(23)22-15-8-10-20(2)14(12-15)4-5-16-17-6-7-19(24)21(17,3)11-9-18(16)20/h14-19,24H,4-12H2,1-3H3,(H,22,23)/t14?,15-,16?,17?,18?,19-,20?,21?/m0/s1. The van der Waals surface area contributed by atoms with Gasteiger partial charge in [-0.15, -0.1) is 0 Å². The molecular weight excluding hydrogens is 298 g/mol. The number of carbonyl (C=O) groups is 1. The van der Waals surface area contributed by atoms with Crippen LogP contribution in [0.3, 0.4) is 0 Å². The van der Waals surface area contributed by atoms with E-state index < -0.39 is 0 Å². The third-order valence-corrected chi connectivity index (χ3v) is 9.02. The van der Waals surface area contributed by atoms with Crippen molar-refractivity contribution in [3.63, 3.8) is 0 Å². The fourth-order valence-electron chi connectivity index (χ4n) is 7.65. The Labute approximate surface area is 147 Å². The van der Waals surface area contributed by atoms with Crippen LogP contribution in [-0.4, -0.2) is 23.2 Å². The van der Waals surface area contributed by atoms with Gasteiger partial charge in [0.1, 0.15) is 0 Å². The molecule has 24 heavy (non-hydrogen) atoms. The summed E-state index contributed by atoms with van der Waals surface area (Å²) in [5, 5.41) is 13.7. The summed E-state index contributed by atoms with van der Waals surface area (Å²) in [4.78, 5) is 11.4. The van der Waals surface area contributed by atoms with Crippen molar-refractivity contribution in [3.8, 4) is 0 Å². The lowest BCUT2D eigenvalue weighted by Crippen LogP contribution is -2.55. The minimum Gasteiger partial charge on any atom is -0.393 e. The van der Waals surface area contributed by atoms with Crippen LogP contribution in [0.2, 0.25) is 0 Å². The number of hydrogen-bond acceptors (Lipinski definition) is 2. The summed E-state index contributed by atoms with van der Waals surface area (Å²) in [6.45, 7) is 6.58. The molecule has 3 heteroatoms. The van der Waals surface area contributed by atoms with E-state index in [1.165, 1.54) is 44.9 Å². The van der Waals surface area contributed by atoms with Crippen LogP contribution in [0.15, 0.2) is 0 Å². The normalized spacial score (nSPS) is 53.7. The van der Waals surface area contributed by atoms with E-state index in [0.29, 0.717) is 11.5 Å². The number of rotatable bonds is 1. The van der Waals surface area contributed by atoms with Crippen molar-refractivity contribution in [2.75, 3.05) is 0 Å². The number of carbonyl (C=O) groups excluding carboxylic acids is 1. The highest BCUT2D eigenvalue weighted by Crippen LogP contribution is 2.66. The van der Waals surface area contributed by atoms with Gasteiger partial charge in [-0.2, -0.15) is 0 Å². The third kappa shape index (κ3) is 2.37. The highest BCUT2D eigenvalue weighted by Gasteiger charge is 2.59. The summed E-state index contributed by atoms with van der Waals surface area (Å²) in [5.74, 6) is 3.33. The van der Waals surface area contributed by atoms with Crippen molar-refractivity contribution >= 4 is 5.91 Å². The predicted molar refractivity (Wildman–Crippen MR) is 95.3 cm³/mol. The van der Waals surface area contributed by atoms with Crippen molar-refractivity contribution in [2.24, 2.45) is 34.5 Å². The van der Waals surface area contributed by atoms with E-state index in [4.69, 9.17) is 0 Å². The van der Waals surface area contributed by atoms with Crippen LogP contribution in [0, 0.1) is 34.5 Å². The first-order valence-corrected chi connectivity index (χ1v) is 10.3. The monoisotopic (exact) mass is 333 g/mol. The zero-order valence-electron chi connectivity index (χ0n) is 15.7. The van der Waals surface area contributed by atoms with E-state index in [0.717, 1.165) is 36.5 Å². The maximum atomic E-state index is 11.4. The molecule has 0 saturated heterocycles. The van der Waals surface area contributed by atoms with Gasteiger partial charge >= 0.3 is 0 Å². The fraction of sp³-hybridized carbons (Fsp3) is 0.952. The van der Waals surface area contributed by atoms with Crippen molar-refractivity contribution in [2.45, 2.75) is 90.7 Å². The fourth-order valence-corrected chi connectivity index (χ4v) is 7.65. The number of aliphatic hydroxyl groups is 1. The molecule has 136 valence electrons. The molecule has 6 unspecified atom stereocenters. The molecule has 0 aromatic carbocycles. The smallest absolute Gasteiger partial charge is 0.217 e. The minimum absolute atomic E-state index is 0.0653. The Morgan fingerprint density at radius 2 is 1.67 bits per heavy atom. The molecule has 3 nitrogen and oxygen atoms in total. The van der Waals surface area contributed by atoms with Gasteiger partial charge in [-0.3, -0.25) is 4.79 Å². The van der Waals surface area contributed by atoms with Crippen LogP contribution in [0.4, 0.5) is 0 Å². The predicted octanol–water partition coefficient (Wildman–Crippen LogP) is 3.89. The van der Waals surface area contributed by atoms with E-state index in [2.05, 4.69) is 19.2 Å². The van der Waals surface area contributed by atoms with Crippen molar-refractivity contribution in [3.05, 3.63) is 0 Å². The van der Waals surface area contributed by atoms with Gasteiger partial charge in [-0.1, -0.05) is 13.8 Å². The molecule has 0 aromatic heterocycles. The maximum absolute atomic E-state index is 11.4. The summed E-state index contributed by atoms with van der Waals surface area (Å²) >= 11 is 0. The van der Waals surface area contributed by atoms with Gasteiger partial charge < -0.3 is 10.4 Å². The third-order valence-electron chi connectivity index (χ3n) is 9.02. The molecule has 0 aromatic rings. The number of amides is 1. The van der Waals surface area contributed by atoms with Gasteiger partial charge in [0.2, 0.25) is 5.91 Å². The van der Waals surface area contributed by atoms with Crippen molar-refractivity contribution in [1.82, 2.24) is 5.32 Å². The number of hydrogen-bond donors (Lipinski definition) is 2. The summed E-state index contributed by atoms with van der Waals surface area (Å²) in [6.07, 6.45) is 11.0. The topological polar surface area (TPSA) is 49.3 Å². The highest BCUT2D eigenvalue weighted by molar-refractivity contribution is 5.73. The largest absolute Gasteiger partial charge is 0.393 e. The maximum Gasteiger partial charge on any atom is 0.217 e. The molecule has 4 aliphatic carbocycles. The van der Waals surface area contributed by atoms with E-state index in [-0.39, 0.29) is 17.4 Å². The zero-order chi connectivity index (χ0) is 17.1. The SMILES string of the molecule is CC(=O)N[C@H]1CCC2(C)C(CCC3C2CCC2(C)C3CC[C@@H]2O)C1. The van der Waals surface area contributed by atoms with E-state index in [1.54, 1.807) is 6.92 Å². The Bertz CT molecular complexity index is 520. The van der Waals surface area contributed by atoms with E-state index >= 15 is 0 Å². The Hall–Kier alpha value is -0.570. The second-order valence-electron chi connectivity index (χ2n) is 9.97. The van der Waals surface area contributed by atoms with Crippen LogP contribution in [0.1, 0.15) is 78.6 Å². The Kier molecular flexibility index (Phi) is 4.02. The van der Waals surface area contributed by atoms with Crippen molar-refractivity contribution < 1.29 is 9.90 Å². The molecule has 0 radical (unpaired) electrons. The summed E-state index contributed by atoms with van der Waals surface area (Å²) in [6, 6.07) is 0.402. The summed E-state index contributed by atoms with van der Waals surface area (Å²) in [7, 11) is 0. The van der Waals surface area contributed by atoms with Crippen LogP contribution in [0.25, 0.3) is 0 Å². The van der Waals surface area contributed by atoms with Crippen LogP contribution >= 0.6 is 0 Å². The van der Waals surface area contributed by atoms with Crippen molar-refractivity contribution in [1.29, 1.82) is 0 Å². The first-order chi connectivity index (χ1) is 11.3. The molecule has 8 atom stereocenters. The molecule has 4 aliphatic rings. The van der Waals surface area contributed by atoms with Gasteiger partial charge in [0, 0.05) is 13.0 Å². The first kappa shape index (κ1) is 16.9. The van der Waals surface area contributed by atoms with Crippen LogP contribution in [0.5, 0.6) is 0 Å². The molecule has 0 aliphatic heterocycles. The molecule has 4 rings (SSSR count). The highest BCUT2D eigenvalue weighted by atomic mass is 16.3. The minimum atomic E-state index is -0.0653. The molecule has 4 fully saturated rings. The Balaban J connectivity index is 1.53. The number of fused-ring (bicyclic) bond motifs is 5. The van der Waals surface area contributed by atoms with Gasteiger partial charge in [0.15, 0.2) is 0 Å². The molecule has 0 bridgehead atoms. The van der Waals surface area contributed by atoms with Gasteiger partial charge in [-0.25, -0.2) is 0 Å². The Morgan fingerprint density at radius 3 is 2.42 bits per heavy atom. The number of nitrogens with one attached hydrogen (secondary N) is 1. The summed E-state index contributed by atoms with van der Waals surface area (Å²) < 4.78 is 0. The van der Waals surface area contributed by atoms with Gasteiger partial charge in [0.25, 0.3) is 0 Å². The second kappa shape index (κ2) is 5.72. The lowest BCUT2D eigenvalue weighted by Gasteiger charge is -2.61. The second-order valence-corrected chi connectivity index (χ2v) is 9.97.